The van der Waals surface area contributed by atoms with Gasteiger partial charge in [-0.3, -0.25) is 0 Å². The Hall–Kier alpha value is -2.70. The SMILES string of the molecule is CCOC(=O)c1coc(Nc2cc(OC)ccc2OC)n1. The molecular formula is C14H16N2O5. The predicted octanol–water partition coefficient (Wildman–Crippen LogP) is 2.61. The van der Waals surface area contributed by atoms with E-state index < -0.39 is 5.97 Å². The minimum absolute atomic E-state index is 0.0983. The highest BCUT2D eigenvalue weighted by molar-refractivity contribution is 5.87. The number of carbonyl (C=O) groups excluding carboxylic acids is 1. The van der Waals surface area contributed by atoms with Crippen LogP contribution in [0.15, 0.2) is 28.9 Å². The van der Waals surface area contributed by atoms with Crippen LogP contribution >= 0.6 is 0 Å². The summed E-state index contributed by atoms with van der Waals surface area (Å²) in [5.41, 5.74) is 0.704. The van der Waals surface area contributed by atoms with Crippen LogP contribution in [0.25, 0.3) is 0 Å². The maximum atomic E-state index is 11.5. The highest BCUT2D eigenvalue weighted by Crippen LogP contribution is 2.31. The van der Waals surface area contributed by atoms with E-state index in [-0.39, 0.29) is 18.3 Å². The van der Waals surface area contributed by atoms with Crippen molar-refractivity contribution in [2.75, 3.05) is 26.1 Å². The zero-order valence-electron chi connectivity index (χ0n) is 12.0. The Labute approximate surface area is 121 Å². The van der Waals surface area contributed by atoms with Gasteiger partial charge in [-0.05, 0) is 19.1 Å². The van der Waals surface area contributed by atoms with Crippen molar-refractivity contribution in [3.63, 3.8) is 0 Å². The van der Waals surface area contributed by atoms with Gasteiger partial charge in [0.25, 0.3) is 6.01 Å². The Morgan fingerprint density at radius 3 is 2.81 bits per heavy atom. The summed E-state index contributed by atoms with van der Waals surface area (Å²) in [4.78, 5) is 15.5. The highest BCUT2D eigenvalue weighted by atomic mass is 16.5. The summed E-state index contributed by atoms with van der Waals surface area (Å²) >= 11 is 0. The second kappa shape index (κ2) is 6.65. The normalized spacial score (nSPS) is 10.0. The summed E-state index contributed by atoms with van der Waals surface area (Å²) in [6, 6.07) is 5.40. The molecule has 0 aliphatic rings. The number of rotatable bonds is 6. The molecule has 0 spiro atoms. The first-order valence-electron chi connectivity index (χ1n) is 6.29. The van der Waals surface area contributed by atoms with Gasteiger partial charge in [-0.25, -0.2) is 4.79 Å². The molecule has 1 aromatic carbocycles. The first-order chi connectivity index (χ1) is 10.2. The molecule has 2 aromatic rings. The number of nitrogens with one attached hydrogen (secondary N) is 1. The molecule has 0 aliphatic carbocycles. The standard InChI is InChI=1S/C14H16N2O5/c1-4-20-13(17)11-8-21-14(16-11)15-10-7-9(18-2)5-6-12(10)19-3/h5-8H,4H2,1-3H3,(H,15,16). The van der Waals surface area contributed by atoms with Gasteiger partial charge >= 0.3 is 5.97 Å². The van der Waals surface area contributed by atoms with Crippen molar-refractivity contribution in [3.8, 4) is 11.5 Å². The molecule has 0 aliphatic heterocycles. The van der Waals surface area contributed by atoms with E-state index in [4.69, 9.17) is 18.6 Å². The summed E-state index contributed by atoms with van der Waals surface area (Å²) < 4.78 is 20.4. The summed E-state index contributed by atoms with van der Waals surface area (Å²) in [7, 11) is 3.11. The number of benzene rings is 1. The minimum atomic E-state index is -0.535. The van der Waals surface area contributed by atoms with E-state index in [1.807, 2.05) is 0 Å². The highest BCUT2D eigenvalue weighted by Gasteiger charge is 2.14. The molecule has 0 atom stereocenters. The van der Waals surface area contributed by atoms with E-state index >= 15 is 0 Å². The first kappa shape index (κ1) is 14.7. The van der Waals surface area contributed by atoms with Crippen LogP contribution in [0.1, 0.15) is 17.4 Å². The number of aromatic nitrogens is 1. The van der Waals surface area contributed by atoms with Crippen LogP contribution in [-0.4, -0.2) is 31.8 Å². The Morgan fingerprint density at radius 2 is 2.14 bits per heavy atom. The van der Waals surface area contributed by atoms with Crippen molar-refractivity contribution in [2.24, 2.45) is 0 Å². The number of anilines is 2. The summed E-state index contributed by atoms with van der Waals surface area (Å²) in [6.45, 7) is 2.00. The molecule has 0 unspecified atom stereocenters. The van der Waals surface area contributed by atoms with Gasteiger partial charge in [0.1, 0.15) is 17.8 Å². The van der Waals surface area contributed by atoms with Crippen molar-refractivity contribution in [1.82, 2.24) is 4.98 Å². The van der Waals surface area contributed by atoms with Crippen LogP contribution in [0.4, 0.5) is 11.7 Å². The predicted molar refractivity (Wildman–Crippen MR) is 75.3 cm³/mol. The average Bonchev–Trinajstić information content (AvgIpc) is 2.96. The number of hydrogen-bond acceptors (Lipinski definition) is 7. The van der Waals surface area contributed by atoms with Crippen molar-refractivity contribution in [1.29, 1.82) is 0 Å². The zero-order valence-corrected chi connectivity index (χ0v) is 12.0. The lowest BCUT2D eigenvalue weighted by molar-refractivity contribution is 0.0519. The smallest absolute Gasteiger partial charge is 0.360 e. The molecule has 1 aromatic heterocycles. The molecule has 0 fully saturated rings. The molecular weight excluding hydrogens is 276 g/mol. The van der Waals surface area contributed by atoms with Crippen molar-refractivity contribution >= 4 is 17.7 Å². The lowest BCUT2D eigenvalue weighted by Crippen LogP contribution is -2.05. The second-order valence-electron chi connectivity index (χ2n) is 3.95. The fourth-order valence-corrected chi connectivity index (χ4v) is 1.66. The van der Waals surface area contributed by atoms with Gasteiger partial charge in [0.15, 0.2) is 5.69 Å². The zero-order chi connectivity index (χ0) is 15.2. The molecule has 21 heavy (non-hydrogen) atoms. The number of esters is 1. The Bertz CT molecular complexity index is 624. The largest absolute Gasteiger partial charge is 0.497 e. The molecule has 0 amide bonds. The molecule has 0 bridgehead atoms. The fourth-order valence-electron chi connectivity index (χ4n) is 1.66. The van der Waals surface area contributed by atoms with E-state index in [0.29, 0.717) is 17.2 Å². The Kier molecular flexibility index (Phi) is 4.65. The minimum Gasteiger partial charge on any atom is -0.497 e. The second-order valence-corrected chi connectivity index (χ2v) is 3.95. The Morgan fingerprint density at radius 1 is 1.33 bits per heavy atom. The molecule has 0 radical (unpaired) electrons. The lowest BCUT2D eigenvalue weighted by Gasteiger charge is -2.10. The lowest BCUT2D eigenvalue weighted by atomic mass is 10.2. The van der Waals surface area contributed by atoms with Crippen LogP contribution in [-0.2, 0) is 4.74 Å². The molecule has 7 heteroatoms. The van der Waals surface area contributed by atoms with Gasteiger partial charge in [-0.1, -0.05) is 0 Å². The molecule has 1 heterocycles. The third-order valence-corrected chi connectivity index (χ3v) is 2.64. The van der Waals surface area contributed by atoms with Crippen molar-refractivity contribution < 1.29 is 23.4 Å². The van der Waals surface area contributed by atoms with Crippen LogP contribution in [0, 0.1) is 0 Å². The van der Waals surface area contributed by atoms with Crippen molar-refractivity contribution in [2.45, 2.75) is 6.92 Å². The monoisotopic (exact) mass is 292 g/mol. The average molecular weight is 292 g/mol. The number of methoxy groups -OCH3 is 2. The molecule has 2 rings (SSSR count). The molecule has 7 nitrogen and oxygen atoms in total. The van der Waals surface area contributed by atoms with Crippen LogP contribution in [0.5, 0.6) is 11.5 Å². The van der Waals surface area contributed by atoms with Gasteiger partial charge in [-0.2, -0.15) is 4.98 Å². The maximum absolute atomic E-state index is 11.5. The number of nitrogens with zero attached hydrogens (tertiary/aromatic N) is 1. The fraction of sp³-hybridized carbons (Fsp3) is 0.286. The Balaban J connectivity index is 2.20. The van der Waals surface area contributed by atoms with E-state index in [1.165, 1.54) is 6.26 Å². The van der Waals surface area contributed by atoms with Crippen LogP contribution in [0.2, 0.25) is 0 Å². The van der Waals surface area contributed by atoms with Gasteiger partial charge in [-0.15, -0.1) is 0 Å². The summed E-state index contributed by atoms with van der Waals surface area (Å²) in [5.74, 6) is 0.703. The summed E-state index contributed by atoms with van der Waals surface area (Å²) in [6.07, 6.45) is 1.23. The van der Waals surface area contributed by atoms with Crippen LogP contribution < -0.4 is 14.8 Å². The number of oxazole rings is 1. The summed E-state index contributed by atoms with van der Waals surface area (Å²) in [5, 5.41) is 2.92. The maximum Gasteiger partial charge on any atom is 0.360 e. The molecule has 1 N–H and O–H groups in total. The first-order valence-corrected chi connectivity index (χ1v) is 6.29. The van der Waals surface area contributed by atoms with Crippen molar-refractivity contribution in [3.05, 3.63) is 30.2 Å². The number of ether oxygens (including phenoxy) is 3. The van der Waals surface area contributed by atoms with Gasteiger partial charge < -0.3 is 23.9 Å². The third-order valence-electron chi connectivity index (χ3n) is 2.64. The van der Waals surface area contributed by atoms with E-state index in [0.717, 1.165) is 0 Å². The van der Waals surface area contributed by atoms with E-state index in [2.05, 4.69) is 10.3 Å². The van der Waals surface area contributed by atoms with Gasteiger partial charge in [0.2, 0.25) is 0 Å². The number of carbonyl (C=O) groups is 1. The molecule has 0 saturated heterocycles. The third kappa shape index (κ3) is 3.44. The van der Waals surface area contributed by atoms with E-state index in [9.17, 15) is 4.79 Å². The van der Waals surface area contributed by atoms with Gasteiger partial charge in [0.05, 0.1) is 26.5 Å². The number of hydrogen-bond donors (Lipinski definition) is 1. The van der Waals surface area contributed by atoms with E-state index in [1.54, 1.807) is 39.3 Å². The topological polar surface area (TPSA) is 82.8 Å². The molecule has 112 valence electrons. The van der Waals surface area contributed by atoms with Crippen LogP contribution in [0.3, 0.4) is 0 Å². The van der Waals surface area contributed by atoms with Gasteiger partial charge in [0, 0.05) is 6.07 Å². The molecule has 0 saturated carbocycles. The quantitative estimate of drug-likeness (QED) is 0.819.